The van der Waals surface area contributed by atoms with Gasteiger partial charge >= 0.3 is 0 Å². The van der Waals surface area contributed by atoms with Crippen molar-refractivity contribution in [3.63, 3.8) is 0 Å². The fourth-order valence-corrected chi connectivity index (χ4v) is 1.78. The van der Waals surface area contributed by atoms with Gasteiger partial charge in [0.05, 0.1) is 13.2 Å². The summed E-state index contributed by atoms with van der Waals surface area (Å²) in [6.45, 7) is 3.57. The van der Waals surface area contributed by atoms with E-state index in [4.69, 9.17) is 15.2 Å². The topological polar surface area (TPSA) is 44.5 Å². The lowest BCUT2D eigenvalue weighted by atomic mass is 10.0. The van der Waals surface area contributed by atoms with Crippen molar-refractivity contribution in [1.82, 2.24) is 0 Å². The van der Waals surface area contributed by atoms with Gasteiger partial charge in [0.2, 0.25) is 0 Å². The first-order chi connectivity index (χ1) is 7.79. The molecule has 0 fully saturated rings. The van der Waals surface area contributed by atoms with E-state index < -0.39 is 0 Å². The number of fused-ring (bicyclic) bond motifs is 1. The molecule has 0 spiro atoms. The molecule has 88 valence electrons. The third-order valence-corrected chi connectivity index (χ3v) is 2.83. The summed E-state index contributed by atoms with van der Waals surface area (Å²) in [6.07, 6.45) is 2.83. The highest BCUT2D eigenvalue weighted by Gasteiger charge is 2.11. The van der Waals surface area contributed by atoms with Crippen LogP contribution in [0.1, 0.15) is 25.3 Å². The van der Waals surface area contributed by atoms with E-state index in [0.717, 1.165) is 44.0 Å². The highest BCUT2D eigenvalue weighted by Crippen LogP contribution is 2.30. The fourth-order valence-electron chi connectivity index (χ4n) is 1.78. The van der Waals surface area contributed by atoms with Crippen LogP contribution in [-0.4, -0.2) is 19.3 Å². The molecule has 0 bridgehead atoms. The molecule has 0 radical (unpaired) electrons. The van der Waals surface area contributed by atoms with Crippen molar-refractivity contribution in [1.29, 1.82) is 0 Å². The van der Waals surface area contributed by atoms with Crippen LogP contribution in [0.15, 0.2) is 18.2 Å². The zero-order valence-corrected chi connectivity index (χ0v) is 9.74. The zero-order chi connectivity index (χ0) is 11.4. The minimum atomic E-state index is 0.227. The van der Waals surface area contributed by atoms with Crippen molar-refractivity contribution in [2.45, 2.75) is 32.2 Å². The van der Waals surface area contributed by atoms with E-state index in [9.17, 15) is 0 Å². The molecule has 0 aliphatic carbocycles. The van der Waals surface area contributed by atoms with Gasteiger partial charge in [-0.1, -0.05) is 13.0 Å². The Morgan fingerprint density at radius 2 is 2.00 bits per heavy atom. The van der Waals surface area contributed by atoms with Gasteiger partial charge in [-0.05, 0) is 30.5 Å². The Morgan fingerprint density at radius 3 is 2.75 bits per heavy atom. The first kappa shape index (κ1) is 11.3. The molecule has 1 aromatic carbocycles. The Labute approximate surface area is 96.5 Å². The summed E-state index contributed by atoms with van der Waals surface area (Å²) in [5.74, 6) is 1.71. The van der Waals surface area contributed by atoms with Crippen LogP contribution >= 0.6 is 0 Å². The van der Waals surface area contributed by atoms with Gasteiger partial charge in [-0.2, -0.15) is 0 Å². The van der Waals surface area contributed by atoms with E-state index in [1.54, 1.807) is 0 Å². The van der Waals surface area contributed by atoms with Crippen molar-refractivity contribution in [2.24, 2.45) is 5.73 Å². The smallest absolute Gasteiger partial charge is 0.161 e. The van der Waals surface area contributed by atoms with Gasteiger partial charge < -0.3 is 15.2 Å². The number of nitrogens with two attached hydrogens (primary N) is 1. The zero-order valence-electron chi connectivity index (χ0n) is 9.74. The van der Waals surface area contributed by atoms with Gasteiger partial charge in [0.1, 0.15) is 0 Å². The Balaban J connectivity index is 2.14. The molecular formula is C13H19NO2. The van der Waals surface area contributed by atoms with E-state index in [1.807, 2.05) is 6.07 Å². The molecule has 1 heterocycles. The van der Waals surface area contributed by atoms with Crippen molar-refractivity contribution < 1.29 is 9.47 Å². The van der Waals surface area contributed by atoms with Crippen molar-refractivity contribution >= 4 is 0 Å². The SMILES string of the molecule is CCC(N)Cc1ccc2c(c1)OCCCO2. The number of rotatable bonds is 3. The van der Waals surface area contributed by atoms with Crippen molar-refractivity contribution in [3.8, 4) is 11.5 Å². The summed E-state index contributed by atoms with van der Waals surface area (Å²) >= 11 is 0. The van der Waals surface area contributed by atoms with E-state index >= 15 is 0 Å². The predicted octanol–water partition coefficient (Wildman–Crippen LogP) is 2.13. The average molecular weight is 221 g/mol. The van der Waals surface area contributed by atoms with Gasteiger partial charge in [-0.15, -0.1) is 0 Å². The second-order valence-corrected chi connectivity index (χ2v) is 4.20. The molecule has 1 unspecified atom stereocenters. The van der Waals surface area contributed by atoms with Gasteiger partial charge in [0.15, 0.2) is 11.5 Å². The molecule has 0 saturated carbocycles. The van der Waals surface area contributed by atoms with Crippen LogP contribution < -0.4 is 15.2 Å². The van der Waals surface area contributed by atoms with Crippen LogP contribution in [0.5, 0.6) is 11.5 Å². The molecule has 3 nitrogen and oxygen atoms in total. The lowest BCUT2D eigenvalue weighted by Gasteiger charge is -2.12. The molecule has 1 aliphatic heterocycles. The fraction of sp³-hybridized carbons (Fsp3) is 0.538. The molecule has 0 aromatic heterocycles. The van der Waals surface area contributed by atoms with Crippen molar-refractivity contribution in [3.05, 3.63) is 23.8 Å². The normalized spacial score (nSPS) is 16.6. The van der Waals surface area contributed by atoms with Gasteiger partial charge in [-0.3, -0.25) is 0 Å². The lowest BCUT2D eigenvalue weighted by Crippen LogP contribution is -2.21. The lowest BCUT2D eigenvalue weighted by molar-refractivity contribution is 0.297. The first-order valence-electron chi connectivity index (χ1n) is 5.93. The first-order valence-corrected chi connectivity index (χ1v) is 5.93. The Kier molecular flexibility index (Phi) is 3.67. The molecule has 1 aromatic rings. The molecule has 3 heteroatoms. The summed E-state index contributed by atoms with van der Waals surface area (Å²) in [5, 5.41) is 0. The van der Waals surface area contributed by atoms with E-state index in [2.05, 4.69) is 19.1 Å². The molecular weight excluding hydrogens is 202 g/mol. The van der Waals surface area contributed by atoms with E-state index in [1.165, 1.54) is 5.56 Å². The quantitative estimate of drug-likeness (QED) is 0.850. The highest BCUT2D eigenvalue weighted by atomic mass is 16.5. The number of ether oxygens (including phenoxy) is 2. The van der Waals surface area contributed by atoms with Crippen LogP contribution in [0.3, 0.4) is 0 Å². The summed E-state index contributed by atoms with van der Waals surface area (Å²) in [7, 11) is 0. The molecule has 16 heavy (non-hydrogen) atoms. The van der Waals surface area contributed by atoms with Crippen LogP contribution in [0.4, 0.5) is 0 Å². The third-order valence-electron chi connectivity index (χ3n) is 2.83. The summed E-state index contributed by atoms with van der Waals surface area (Å²) in [5.41, 5.74) is 7.16. The number of hydrogen-bond donors (Lipinski definition) is 1. The van der Waals surface area contributed by atoms with E-state index in [-0.39, 0.29) is 6.04 Å². The Hall–Kier alpha value is -1.22. The molecule has 0 saturated heterocycles. The van der Waals surface area contributed by atoms with Crippen LogP contribution in [0.2, 0.25) is 0 Å². The predicted molar refractivity (Wildman–Crippen MR) is 64.0 cm³/mol. The maximum Gasteiger partial charge on any atom is 0.161 e. The standard InChI is InChI=1S/C13H19NO2/c1-2-11(14)8-10-4-5-12-13(9-10)16-7-3-6-15-12/h4-5,9,11H,2-3,6-8,14H2,1H3. The maximum absolute atomic E-state index is 5.94. The average Bonchev–Trinajstić information content (AvgIpc) is 2.53. The van der Waals surface area contributed by atoms with Gasteiger partial charge in [0.25, 0.3) is 0 Å². The van der Waals surface area contributed by atoms with Crippen LogP contribution in [0.25, 0.3) is 0 Å². The largest absolute Gasteiger partial charge is 0.490 e. The van der Waals surface area contributed by atoms with Crippen LogP contribution in [0, 0.1) is 0 Å². The monoisotopic (exact) mass is 221 g/mol. The summed E-state index contributed by atoms with van der Waals surface area (Å²) < 4.78 is 11.2. The second kappa shape index (κ2) is 5.21. The minimum absolute atomic E-state index is 0.227. The number of benzene rings is 1. The Bertz CT molecular complexity index is 352. The summed E-state index contributed by atoms with van der Waals surface area (Å²) in [4.78, 5) is 0. The minimum Gasteiger partial charge on any atom is -0.490 e. The maximum atomic E-state index is 5.94. The molecule has 2 N–H and O–H groups in total. The van der Waals surface area contributed by atoms with Crippen molar-refractivity contribution in [2.75, 3.05) is 13.2 Å². The molecule has 1 atom stereocenters. The molecule has 2 rings (SSSR count). The Morgan fingerprint density at radius 1 is 1.25 bits per heavy atom. The third kappa shape index (κ3) is 2.67. The number of hydrogen-bond acceptors (Lipinski definition) is 3. The highest BCUT2D eigenvalue weighted by molar-refractivity contribution is 5.43. The van der Waals surface area contributed by atoms with Gasteiger partial charge in [-0.25, -0.2) is 0 Å². The molecule has 1 aliphatic rings. The van der Waals surface area contributed by atoms with E-state index in [0.29, 0.717) is 0 Å². The molecule has 0 amide bonds. The second-order valence-electron chi connectivity index (χ2n) is 4.20. The van der Waals surface area contributed by atoms with Crippen LogP contribution in [-0.2, 0) is 6.42 Å². The summed E-state index contributed by atoms with van der Waals surface area (Å²) in [6, 6.07) is 6.34. The van der Waals surface area contributed by atoms with Gasteiger partial charge in [0, 0.05) is 12.5 Å².